The molecule has 0 radical (unpaired) electrons. The highest BCUT2D eigenvalue weighted by atomic mass is 79.9. The summed E-state index contributed by atoms with van der Waals surface area (Å²) in [7, 11) is 1.42. The lowest BCUT2D eigenvalue weighted by Gasteiger charge is -2.19. The molecule has 0 aliphatic carbocycles. The zero-order valence-electron chi connectivity index (χ0n) is 18.7. The molecule has 0 bridgehead atoms. The Balaban J connectivity index is 1.81. The van der Waals surface area contributed by atoms with Gasteiger partial charge in [0.15, 0.2) is 0 Å². The van der Waals surface area contributed by atoms with Gasteiger partial charge in [-0.2, -0.15) is 0 Å². The van der Waals surface area contributed by atoms with Crippen LogP contribution in [-0.4, -0.2) is 40.0 Å². The maximum absolute atomic E-state index is 12.9. The molecule has 0 N–H and O–H groups in total. The number of imide groups is 1. The first kappa shape index (κ1) is 22.8. The van der Waals surface area contributed by atoms with Gasteiger partial charge in [-0.3, -0.25) is 19.1 Å². The summed E-state index contributed by atoms with van der Waals surface area (Å²) in [5.74, 6) is -0.327. The third-order valence-corrected chi connectivity index (χ3v) is 5.85. The van der Waals surface area contributed by atoms with E-state index >= 15 is 0 Å². The van der Waals surface area contributed by atoms with Crippen LogP contribution in [0.3, 0.4) is 0 Å². The molecule has 1 aliphatic rings. The predicted octanol–water partition coefficient (Wildman–Crippen LogP) is 5.11. The molecule has 8 heteroatoms. The molecular weight excluding hydrogens is 488 g/mol. The highest BCUT2D eigenvalue weighted by Crippen LogP contribution is 2.38. The lowest BCUT2D eigenvalue weighted by atomic mass is 10.1. The molecule has 3 aromatic rings. The number of aromatic nitrogens is 1. The van der Waals surface area contributed by atoms with Crippen molar-refractivity contribution in [2.75, 3.05) is 7.05 Å². The van der Waals surface area contributed by atoms with Crippen LogP contribution in [0.1, 0.15) is 31.9 Å². The Kier molecular flexibility index (Phi) is 5.88. The van der Waals surface area contributed by atoms with Crippen LogP contribution < -0.4 is 4.74 Å². The van der Waals surface area contributed by atoms with Crippen molar-refractivity contribution in [2.45, 2.75) is 33.0 Å². The number of hydrogen-bond donors (Lipinski definition) is 0. The topological polar surface area (TPSA) is 77.8 Å². The van der Waals surface area contributed by atoms with Crippen LogP contribution in [-0.2, 0) is 20.9 Å². The van der Waals surface area contributed by atoms with Crippen LogP contribution in [0.2, 0.25) is 0 Å². The number of hydrogen-bond acceptors (Lipinski definition) is 5. The van der Waals surface area contributed by atoms with E-state index in [-0.39, 0.29) is 10.1 Å². The van der Waals surface area contributed by atoms with E-state index in [0.717, 1.165) is 10.5 Å². The number of carbonyl (C=O) groups is 3. The quantitative estimate of drug-likeness (QED) is 0.455. The number of carbonyl (C=O) groups excluding carboxylic acids is 3. The van der Waals surface area contributed by atoms with E-state index in [2.05, 4.69) is 15.9 Å². The monoisotopic (exact) mass is 510 g/mol. The number of benzene rings is 2. The van der Waals surface area contributed by atoms with Crippen molar-refractivity contribution in [1.29, 1.82) is 0 Å². The van der Waals surface area contributed by atoms with E-state index in [1.807, 2.05) is 30.3 Å². The summed E-state index contributed by atoms with van der Waals surface area (Å²) >= 11 is 3.26. The summed E-state index contributed by atoms with van der Waals surface area (Å²) in [6.45, 7) is 5.70. The van der Waals surface area contributed by atoms with E-state index in [0.29, 0.717) is 28.8 Å². The van der Waals surface area contributed by atoms with E-state index in [1.54, 1.807) is 39.0 Å². The lowest BCUT2D eigenvalue weighted by molar-refractivity contribution is -0.134. The molecule has 2 heterocycles. The number of fused-ring (bicyclic) bond motifs is 1. The molecule has 0 fully saturated rings. The molecule has 1 aromatic heterocycles. The van der Waals surface area contributed by atoms with Crippen LogP contribution in [0.25, 0.3) is 16.5 Å². The highest BCUT2D eigenvalue weighted by Gasteiger charge is 2.37. The van der Waals surface area contributed by atoms with E-state index in [4.69, 9.17) is 9.47 Å². The summed E-state index contributed by atoms with van der Waals surface area (Å²) in [6.07, 6.45) is 0.944. The lowest BCUT2D eigenvalue weighted by Crippen LogP contribution is -2.27. The summed E-state index contributed by atoms with van der Waals surface area (Å²) in [5.41, 5.74) is 1.47. The van der Waals surface area contributed by atoms with Crippen LogP contribution >= 0.6 is 15.9 Å². The minimum atomic E-state index is -0.703. The van der Waals surface area contributed by atoms with Gasteiger partial charge in [0.25, 0.3) is 11.8 Å². The normalized spacial score (nSPS) is 14.4. The van der Waals surface area contributed by atoms with Gasteiger partial charge in [-0.25, -0.2) is 4.79 Å². The van der Waals surface area contributed by atoms with Gasteiger partial charge >= 0.3 is 6.09 Å². The molecular formula is C25H23BrN2O5. The van der Waals surface area contributed by atoms with E-state index in [1.165, 1.54) is 17.8 Å². The Morgan fingerprint density at radius 1 is 1.03 bits per heavy atom. The molecule has 170 valence electrons. The zero-order chi connectivity index (χ0) is 23.9. The first-order valence-electron chi connectivity index (χ1n) is 10.3. The Morgan fingerprint density at radius 2 is 1.73 bits per heavy atom. The van der Waals surface area contributed by atoms with Crippen LogP contribution in [0.15, 0.2) is 59.2 Å². The maximum atomic E-state index is 12.9. The molecule has 0 atom stereocenters. The van der Waals surface area contributed by atoms with Crippen LogP contribution in [0.4, 0.5) is 4.79 Å². The van der Waals surface area contributed by atoms with E-state index in [9.17, 15) is 14.4 Å². The highest BCUT2D eigenvalue weighted by molar-refractivity contribution is 9.12. The largest absolute Gasteiger partial charge is 0.489 e. The Bertz CT molecular complexity index is 1300. The smallest absolute Gasteiger partial charge is 0.419 e. The maximum Gasteiger partial charge on any atom is 0.419 e. The number of rotatable bonds is 4. The average molecular weight is 511 g/mol. The van der Waals surface area contributed by atoms with Crippen molar-refractivity contribution < 1.29 is 23.9 Å². The Morgan fingerprint density at radius 3 is 2.33 bits per heavy atom. The second-order valence-corrected chi connectivity index (χ2v) is 9.50. The number of likely N-dealkylation sites (N-methyl/N-ethyl adjacent to an activating group) is 1. The molecule has 2 amide bonds. The second-order valence-electron chi connectivity index (χ2n) is 8.70. The number of nitrogens with zero attached hydrogens (tertiary/aromatic N) is 2. The fraction of sp³-hybridized carbons (Fsp3) is 0.240. The standard InChI is InChI=1S/C25H23BrN2O5/c1-25(2,3)33-24(31)28-13-18(20-21(26)23(30)27(4)22(20)29)17-12-16(10-11-19(17)28)32-14-15-8-6-5-7-9-15/h5-13H,14H2,1-4H3. The number of amides is 2. The van der Waals surface area contributed by atoms with Gasteiger partial charge in [0.05, 0.1) is 15.6 Å². The number of halogens is 1. The zero-order valence-corrected chi connectivity index (χ0v) is 20.3. The SMILES string of the molecule is CN1C(=O)C(Br)=C(c2cn(C(=O)OC(C)(C)C)c3ccc(OCc4ccccc4)cc23)C1=O. The van der Waals surface area contributed by atoms with Gasteiger partial charge in [-0.1, -0.05) is 30.3 Å². The Labute approximate surface area is 199 Å². The van der Waals surface area contributed by atoms with Crippen LogP contribution in [0, 0.1) is 0 Å². The summed E-state index contributed by atoms with van der Waals surface area (Å²) in [5, 5.41) is 0.592. The minimum absolute atomic E-state index is 0.147. The van der Waals surface area contributed by atoms with Crippen molar-refractivity contribution >= 4 is 50.3 Å². The first-order chi connectivity index (χ1) is 15.6. The van der Waals surface area contributed by atoms with Crippen LogP contribution in [0.5, 0.6) is 5.75 Å². The molecule has 7 nitrogen and oxygen atoms in total. The fourth-order valence-electron chi connectivity index (χ4n) is 3.54. The van der Waals surface area contributed by atoms with Gasteiger partial charge in [0, 0.05) is 24.2 Å². The van der Waals surface area contributed by atoms with Gasteiger partial charge in [0.2, 0.25) is 0 Å². The van der Waals surface area contributed by atoms with Crippen molar-refractivity contribution in [3.05, 3.63) is 70.3 Å². The number of ether oxygens (including phenoxy) is 2. The first-order valence-corrected chi connectivity index (χ1v) is 11.1. The molecule has 0 saturated carbocycles. The molecule has 4 rings (SSSR count). The molecule has 0 saturated heterocycles. The predicted molar refractivity (Wildman–Crippen MR) is 128 cm³/mol. The fourth-order valence-corrected chi connectivity index (χ4v) is 4.19. The minimum Gasteiger partial charge on any atom is -0.489 e. The third-order valence-electron chi connectivity index (χ3n) is 5.11. The second kappa shape index (κ2) is 8.51. The van der Waals surface area contributed by atoms with Crippen molar-refractivity contribution in [2.24, 2.45) is 0 Å². The summed E-state index contributed by atoms with van der Waals surface area (Å²) in [4.78, 5) is 39.1. The Hall–Kier alpha value is -3.39. The molecule has 1 aliphatic heterocycles. The van der Waals surface area contributed by atoms with Gasteiger partial charge in [0.1, 0.15) is 18.0 Å². The summed E-state index contributed by atoms with van der Waals surface area (Å²) < 4.78 is 13.0. The summed E-state index contributed by atoms with van der Waals surface area (Å²) in [6, 6.07) is 15.0. The van der Waals surface area contributed by atoms with Gasteiger partial charge in [-0.05, 0) is 60.5 Å². The molecule has 33 heavy (non-hydrogen) atoms. The van der Waals surface area contributed by atoms with Gasteiger partial charge in [-0.15, -0.1) is 0 Å². The molecule has 2 aromatic carbocycles. The van der Waals surface area contributed by atoms with E-state index < -0.39 is 23.5 Å². The van der Waals surface area contributed by atoms with Crippen molar-refractivity contribution in [3.63, 3.8) is 0 Å². The van der Waals surface area contributed by atoms with Gasteiger partial charge < -0.3 is 9.47 Å². The average Bonchev–Trinajstić information content (AvgIpc) is 3.22. The third kappa shape index (κ3) is 4.43. The van der Waals surface area contributed by atoms with Crippen molar-refractivity contribution in [3.8, 4) is 5.75 Å². The van der Waals surface area contributed by atoms with Crippen molar-refractivity contribution in [1.82, 2.24) is 9.47 Å². The molecule has 0 unspecified atom stereocenters. The molecule has 0 spiro atoms.